The quantitative estimate of drug-likeness (QED) is 0.781. The Balaban J connectivity index is 2.05. The topological polar surface area (TPSA) is 65.4 Å². The summed E-state index contributed by atoms with van der Waals surface area (Å²) in [6.07, 6.45) is 4.07. The number of nitrogens with zero attached hydrogens (tertiary/aromatic N) is 3. The molecule has 1 saturated heterocycles. The standard InChI is InChI=1S/C11H14N4O/c12-9-3-4-10-13-14-11(15(10)6-9)8-2-1-5-16-7-8/h3-4,6,8H,1-2,5,7,12H2. The van der Waals surface area contributed by atoms with Crippen molar-refractivity contribution in [2.75, 3.05) is 18.9 Å². The summed E-state index contributed by atoms with van der Waals surface area (Å²) in [5, 5.41) is 8.37. The van der Waals surface area contributed by atoms with Crippen LogP contribution in [0.1, 0.15) is 24.6 Å². The third-order valence-corrected chi connectivity index (χ3v) is 2.98. The number of ether oxygens (including phenoxy) is 1. The Bertz CT molecular complexity index is 502. The summed E-state index contributed by atoms with van der Waals surface area (Å²) in [7, 11) is 0. The molecule has 0 saturated carbocycles. The van der Waals surface area contributed by atoms with E-state index >= 15 is 0 Å². The number of aromatic nitrogens is 3. The second kappa shape index (κ2) is 3.75. The van der Waals surface area contributed by atoms with Gasteiger partial charge in [-0.15, -0.1) is 10.2 Å². The van der Waals surface area contributed by atoms with Gasteiger partial charge in [-0.2, -0.15) is 0 Å². The number of fused-ring (bicyclic) bond motifs is 1. The zero-order valence-corrected chi connectivity index (χ0v) is 8.97. The average molecular weight is 218 g/mol. The summed E-state index contributed by atoms with van der Waals surface area (Å²) < 4.78 is 7.44. The minimum Gasteiger partial charge on any atom is -0.398 e. The summed E-state index contributed by atoms with van der Waals surface area (Å²) in [4.78, 5) is 0. The van der Waals surface area contributed by atoms with Crippen molar-refractivity contribution >= 4 is 11.3 Å². The third-order valence-electron chi connectivity index (χ3n) is 2.98. The molecule has 5 heteroatoms. The maximum absolute atomic E-state index is 5.77. The number of nitrogen functional groups attached to an aromatic ring is 1. The fourth-order valence-electron chi connectivity index (χ4n) is 2.15. The van der Waals surface area contributed by atoms with Gasteiger partial charge in [-0.05, 0) is 25.0 Å². The first-order chi connectivity index (χ1) is 7.84. The van der Waals surface area contributed by atoms with E-state index in [0.29, 0.717) is 5.92 Å². The summed E-state index contributed by atoms with van der Waals surface area (Å²) in [5.41, 5.74) is 7.34. The van der Waals surface area contributed by atoms with Crippen molar-refractivity contribution in [3.63, 3.8) is 0 Å². The van der Waals surface area contributed by atoms with Gasteiger partial charge < -0.3 is 10.5 Å². The van der Waals surface area contributed by atoms with E-state index in [0.717, 1.165) is 43.2 Å². The number of nitrogens with two attached hydrogens (primary N) is 1. The number of hydrogen-bond acceptors (Lipinski definition) is 4. The molecule has 1 unspecified atom stereocenters. The van der Waals surface area contributed by atoms with E-state index in [9.17, 15) is 0 Å². The number of pyridine rings is 1. The number of anilines is 1. The summed E-state index contributed by atoms with van der Waals surface area (Å²) in [6, 6.07) is 3.72. The molecule has 1 fully saturated rings. The summed E-state index contributed by atoms with van der Waals surface area (Å²) in [6.45, 7) is 1.59. The maximum Gasteiger partial charge on any atom is 0.160 e. The minimum atomic E-state index is 0.338. The fourth-order valence-corrected chi connectivity index (χ4v) is 2.15. The smallest absolute Gasteiger partial charge is 0.160 e. The molecule has 0 radical (unpaired) electrons. The van der Waals surface area contributed by atoms with Crippen molar-refractivity contribution in [2.45, 2.75) is 18.8 Å². The van der Waals surface area contributed by atoms with Crippen molar-refractivity contribution < 1.29 is 4.74 Å². The lowest BCUT2D eigenvalue weighted by Crippen LogP contribution is -2.17. The lowest BCUT2D eigenvalue weighted by Gasteiger charge is -2.20. The van der Waals surface area contributed by atoms with Crippen LogP contribution in [-0.4, -0.2) is 27.8 Å². The van der Waals surface area contributed by atoms with Gasteiger partial charge in [0, 0.05) is 24.4 Å². The Morgan fingerprint density at radius 2 is 2.31 bits per heavy atom. The SMILES string of the molecule is Nc1ccc2nnc(C3CCCOC3)n2c1. The van der Waals surface area contributed by atoms with Gasteiger partial charge in [0.15, 0.2) is 5.65 Å². The third kappa shape index (κ3) is 1.53. The minimum absolute atomic E-state index is 0.338. The highest BCUT2D eigenvalue weighted by Crippen LogP contribution is 2.24. The first-order valence-electron chi connectivity index (χ1n) is 5.52. The molecule has 2 N–H and O–H groups in total. The van der Waals surface area contributed by atoms with Crippen LogP contribution >= 0.6 is 0 Å². The lowest BCUT2D eigenvalue weighted by atomic mass is 10.0. The van der Waals surface area contributed by atoms with Crippen molar-refractivity contribution in [3.05, 3.63) is 24.2 Å². The highest BCUT2D eigenvalue weighted by Gasteiger charge is 2.21. The van der Waals surface area contributed by atoms with E-state index in [4.69, 9.17) is 10.5 Å². The van der Waals surface area contributed by atoms with Crippen LogP contribution in [-0.2, 0) is 4.74 Å². The van der Waals surface area contributed by atoms with Gasteiger partial charge in [0.25, 0.3) is 0 Å². The lowest BCUT2D eigenvalue weighted by molar-refractivity contribution is 0.0778. The molecule has 0 aromatic carbocycles. The molecule has 0 amide bonds. The van der Waals surface area contributed by atoms with Crippen molar-refractivity contribution in [1.82, 2.24) is 14.6 Å². The molecule has 1 aliphatic heterocycles. The molecular formula is C11H14N4O. The van der Waals surface area contributed by atoms with E-state index in [1.54, 1.807) is 0 Å². The zero-order valence-electron chi connectivity index (χ0n) is 8.97. The molecule has 5 nitrogen and oxygen atoms in total. The molecule has 2 aromatic heterocycles. The van der Waals surface area contributed by atoms with Gasteiger partial charge >= 0.3 is 0 Å². The van der Waals surface area contributed by atoms with Crippen molar-refractivity contribution in [2.24, 2.45) is 0 Å². The Morgan fingerprint density at radius 3 is 3.12 bits per heavy atom. The highest BCUT2D eigenvalue weighted by atomic mass is 16.5. The molecule has 3 heterocycles. The van der Waals surface area contributed by atoms with Crippen molar-refractivity contribution in [1.29, 1.82) is 0 Å². The molecular weight excluding hydrogens is 204 g/mol. The average Bonchev–Trinajstić information content (AvgIpc) is 2.73. The van der Waals surface area contributed by atoms with E-state index in [1.807, 2.05) is 22.7 Å². The Labute approximate surface area is 93.2 Å². The largest absolute Gasteiger partial charge is 0.398 e. The van der Waals surface area contributed by atoms with Crippen LogP contribution in [0.3, 0.4) is 0 Å². The molecule has 0 aliphatic carbocycles. The number of rotatable bonds is 1. The molecule has 0 bridgehead atoms. The monoisotopic (exact) mass is 218 g/mol. The van der Waals surface area contributed by atoms with Crippen LogP contribution in [0.25, 0.3) is 5.65 Å². The second-order valence-electron chi connectivity index (χ2n) is 4.16. The predicted molar refractivity (Wildman–Crippen MR) is 60.2 cm³/mol. The number of hydrogen-bond donors (Lipinski definition) is 1. The van der Waals surface area contributed by atoms with Crippen LogP contribution in [0, 0.1) is 0 Å². The van der Waals surface area contributed by atoms with Crippen LogP contribution in [0.2, 0.25) is 0 Å². The first-order valence-corrected chi connectivity index (χ1v) is 5.52. The Morgan fingerprint density at radius 1 is 1.38 bits per heavy atom. The maximum atomic E-state index is 5.77. The summed E-state index contributed by atoms with van der Waals surface area (Å²) in [5.74, 6) is 1.30. The van der Waals surface area contributed by atoms with Crippen LogP contribution < -0.4 is 5.73 Å². The molecule has 2 aromatic rings. The first kappa shape index (κ1) is 9.59. The second-order valence-corrected chi connectivity index (χ2v) is 4.16. The zero-order chi connectivity index (χ0) is 11.0. The van der Waals surface area contributed by atoms with Gasteiger partial charge in [0.1, 0.15) is 5.82 Å². The van der Waals surface area contributed by atoms with Crippen molar-refractivity contribution in [3.8, 4) is 0 Å². The van der Waals surface area contributed by atoms with E-state index in [2.05, 4.69) is 10.2 Å². The van der Waals surface area contributed by atoms with Crippen LogP contribution in [0.5, 0.6) is 0 Å². The predicted octanol–water partition coefficient (Wildman–Crippen LogP) is 1.21. The Kier molecular flexibility index (Phi) is 2.25. The van der Waals surface area contributed by atoms with Crippen LogP contribution in [0.4, 0.5) is 5.69 Å². The van der Waals surface area contributed by atoms with Gasteiger partial charge in [-0.1, -0.05) is 0 Å². The molecule has 1 atom stereocenters. The summed E-state index contributed by atoms with van der Waals surface area (Å²) >= 11 is 0. The molecule has 1 aliphatic rings. The molecule has 3 rings (SSSR count). The van der Waals surface area contributed by atoms with Gasteiger partial charge in [-0.25, -0.2) is 0 Å². The van der Waals surface area contributed by atoms with Gasteiger partial charge in [-0.3, -0.25) is 4.40 Å². The van der Waals surface area contributed by atoms with Crippen LogP contribution in [0.15, 0.2) is 18.3 Å². The molecule has 0 spiro atoms. The Hall–Kier alpha value is -1.62. The van der Waals surface area contributed by atoms with E-state index in [1.165, 1.54) is 0 Å². The normalized spacial score (nSPS) is 21.4. The fraction of sp³-hybridized carbons (Fsp3) is 0.455. The van der Waals surface area contributed by atoms with E-state index in [-0.39, 0.29) is 0 Å². The van der Waals surface area contributed by atoms with Gasteiger partial charge in [0.2, 0.25) is 0 Å². The highest BCUT2D eigenvalue weighted by molar-refractivity contribution is 5.47. The molecule has 84 valence electrons. The van der Waals surface area contributed by atoms with E-state index < -0.39 is 0 Å². The van der Waals surface area contributed by atoms with Gasteiger partial charge in [0.05, 0.1) is 6.61 Å². The molecule has 16 heavy (non-hydrogen) atoms.